The minimum absolute atomic E-state index is 0.0965. The van der Waals surface area contributed by atoms with Gasteiger partial charge in [-0.15, -0.1) is 11.3 Å². The molecule has 0 bridgehead atoms. The zero-order valence-corrected chi connectivity index (χ0v) is 13.2. The van der Waals surface area contributed by atoms with E-state index < -0.39 is 5.63 Å². The number of ether oxygens (including phenoxy) is 1. The predicted molar refractivity (Wildman–Crippen MR) is 89.2 cm³/mol. The number of hydrogen-bond donors (Lipinski definition) is 1. The summed E-state index contributed by atoms with van der Waals surface area (Å²) in [6.45, 7) is 1.26. The Hall–Kier alpha value is -2.18. The summed E-state index contributed by atoms with van der Waals surface area (Å²) in [4.78, 5) is 24.9. The smallest absolute Gasteiger partial charge is 0.345 e. The Morgan fingerprint density at radius 2 is 2.17 bits per heavy atom. The summed E-state index contributed by atoms with van der Waals surface area (Å²) >= 11 is 1.32. The van der Waals surface area contributed by atoms with Crippen LogP contribution in [0.3, 0.4) is 0 Å². The van der Waals surface area contributed by atoms with E-state index in [0.29, 0.717) is 22.4 Å². The van der Waals surface area contributed by atoms with E-state index in [-0.39, 0.29) is 12.0 Å². The lowest BCUT2D eigenvalue weighted by atomic mass is 10.2. The van der Waals surface area contributed by atoms with E-state index in [9.17, 15) is 9.59 Å². The first-order valence-corrected chi connectivity index (χ1v) is 8.39. The van der Waals surface area contributed by atoms with Crippen molar-refractivity contribution < 1.29 is 13.9 Å². The summed E-state index contributed by atoms with van der Waals surface area (Å²) in [5.74, 6) is -0.176. The summed E-state index contributed by atoms with van der Waals surface area (Å²) in [5.41, 5.74) is 0.131. The van der Waals surface area contributed by atoms with Crippen LogP contribution in [0.25, 0.3) is 21.1 Å². The average Bonchev–Trinajstić information content (AvgIpc) is 3.23. The molecule has 118 valence electrons. The van der Waals surface area contributed by atoms with E-state index in [1.54, 1.807) is 12.1 Å². The number of carbonyl (C=O) groups excluding carboxylic acids is 1. The maximum absolute atomic E-state index is 12.3. The Balaban J connectivity index is 1.68. The van der Waals surface area contributed by atoms with Crippen molar-refractivity contribution in [3.05, 3.63) is 45.6 Å². The molecule has 0 radical (unpaired) electrons. The molecule has 1 aliphatic rings. The molecule has 3 aromatic rings. The molecule has 3 heterocycles. The molecule has 23 heavy (non-hydrogen) atoms. The van der Waals surface area contributed by atoms with Gasteiger partial charge in [-0.3, -0.25) is 4.79 Å². The third kappa shape index (κ3) is 2.64. The topological polar surface area (TPSA) is 68.5 Å². The van der Waals surface area contributed by atoms with Crippen LogP contribution in [0.2, 0.25) is 0 Å². The van der Waals surface area contributed by atoms with Crippen LogP contribution in [0.5, 0.6) is 0 Å². The van der Waals surface area contributed by atoms with Gasteiger partial charge in [-0.05, 0) is 31.0 Å². The molecule has 1 atom stereocenters. The van der Waals surface area contributed by atoms with Gasteiger partial charge in [0.1, 0.15) is 5.58 Å². The van der Waals surface area contributed by atoms with Gasteiger partial charge in [0, 0.05) is 18.5 Å². The van der Waals surface area contributed by atoms with Crippen LogP contribution in [0.15, 0.2) is 39.5 Å². The maximum atomic E-state index is 12.3. The zero-order valence-electron chi connectivity index (χ0n) is 12.3. The molecule has 1 unspecified atom stereocenters. The first-order valence-electron chi connectivity index (χ1n) is 7.57. The maximum Gasteiger partial charge on any atom is 0.345 e. The Morgan fingerprint density at radius 3 is 3.00 bits per heavy atom. The third-order valence-electron chi connectivity index (χ3n) is 4.02. The molecule has 1 fully saturated rings. The Kier molecular flexibility index (Phi) is 3.63. The molecule has 6 heteroatoms. The Morgan fingerprint density at radius 1 is 1.30 bits per heavy atom. The number of fused-ring (bicyclic) bond motifs is 3. The molecular formula is C17H15NO4S. The highest BCUT2D eigenvalue weighted by Gasteiger charge is 2.19. The van der Waals surface area contributed by atoms with Gasteiger partial charge in [-0.25, -0.2) is 4.79 Å². The second-order valence-corrected chi connectivity index (χ2v) is 6.64. The van der Waals surface area contributed by atoms with Gasteiger partial charge >= 0.3 is 5.63 Å². The van der Waals surface area contributed by atoms with Crippen molar-refractivity contribution in [3.8, 4) is 0 Å². The predicted octanol–water partition coefficient (Wildman–Crippen LogP) is 2.92. The van der Waals surface area contributed by atoms with Crippen molar-refractivity contribution in [3.63, 3.8) is 0 Å². The van der Waals surface area contributed by atoms with Gasteiger partial charge in [-0.2, -0.15) is 0 Å². The molecule has 0 spiro atoms. The van der Waals surface area contributed by atoms with Crippen LogP contribution >= 0.6 is 11.3 Å². The fourth-order valence-corrected chi connectivity index (χ4v) is 3.94. The molecule has 2 aromatic heterocycles. The first-order chi connectivity index (χ1) is 11.2. The van der Waals surface area contributed by atoms with E-state index in [4.69, 9.17) is 9.15 Å². The Labute approximate surface area is 135 Å². The summed E-state index contributed by atoms with van der Waals surface area (Å²) < 4.78 is 11.6. The van der Waals surface area contributed by atoms with Crippen LogP contribution in [0.4, 0.5) is 0 Å². The quantitative estimate of drug-likeness (QED) is 0.750. The van der Waals surface area contributed by atoms with E-state index in [1.807, 2.05) is 18.2 Å². The number of nitrogens with one attached hydrogen (secondary N) is 1. The van der Waals surface area contributed by atoms with Gasteiger partial charge in [0.25, 0.3) is 5.91 Å². The van der Waals surface area contributed by atoms with Gasteiger partial charge in [0.15, 0.2) is 0 Å². The van der Waals surface area contributed by atoms with Crippen molar-refractivity contribution in [1.29, 1.82) is 0 Å². The summed E-state index contributed by atoms with van der Waals surface area (Å²) in [6.07, 6.45) is 2.11. The molecule has 1 N–H and O–H groups in total. The summed E-state index contributed by atoms with van der Waals surface area (Å²) in [5, 5.41) is 4.19. The van der Waals surface area contributed by atoms with Gasteiger partial charge in [0.05, 0.1) is 21.1 Å². The minimum Gasteiger partial charge on any atom is -0.422 e. The molecule has 1 amide bonds. The largest absolute Gasteiger partial charge is 0.422 e. The van der Waals surface area contributed by atoms with Gasteiger partial charge in [0.2, 0.25) is 0 Å². The fourth-order valence-electron chi connectivity index (χ4n) is 2.85. The van der Waals surface area contributed by atoms with Crippen LogP contribution < -0.4 is 10.9 Å². The van der Waals surface area contributed by atoms with Crippen LogP contribution in [0.1, 0.15) is 22.5 Å². The second-order valence-electron chi connectivity index (χ2n) is 5.58. The highest BCUT2D eigenvalue weighted by molar-refractivity contribution is 7.21. The molecular weight excluding hydrogens is 314 g/mol. The number of para-hydroxylation sites is 1. The number of hydrogen-bond acceptors (Lipinski definition) is 5. The summed E-state index contributed by atoms with van der Waals surface area (Å²) in [7, 11) is 0. The van der Waals surface area contributed by atoms with Crippen molar-refractivity contribution in [2.75, 3.05) is 13.2 Å². The fraction of sp³-hybridized carbons (Fsp3) is 0.294. The lowest BCUT2D eigenvalue weighted by Gasteiger charge is -2.09. The monoisotopic (exact) mass is 329 g/mol. The lowest BCUT2D eigenvalue weighted by Crippen LogP contribution is -2.31. The van der Waals surface area contributed by atoms with Crippen LogP contribution in [0, 0.1) is 0 Å². The molecule has 0 saturated carbocycles. The number of rotatable bonds is 3. The molecule has 5 nitrogen and oxygen atoms in total. The highest BCUT2D eigenvalue weighted by atomic mass is 32.1. The number of amides is 1. The van der Waals surface area contributed by atoms with Crippen molar-refractivity contribution in [2.45, 2.75) is 18.9 Å². The van der Waals surface area contributed by atoms with Crippen molar-refractivity contribution >= 4 is 38.3 Å². The van der Waals surface area contributed by atoms with Crippen molar-refractivity contribution in [2.24, 2.45) is 0 Å². The minimum atomic E-state index is -0.409. The SMILES string of the molecule is O=C(NCC1CCCO1)c1cc2c(=O)oc3ccccc3c2s1. The molecule has 1 aromatic carbocycles. The normalized spacial score (nSPS) is 17.8. The van der Waals surface area contributed by atoms with Gasteiger partial charge < -0.3 is 14.5 Å². The average molecular weight is 329 g/mol. The standard InChI is InChI=1S/C17H15NO4S/c19-16(18-9-10-4-3-7-21-10)14-8-12-15(23-14)11-5-1-2-6-13(11)22-17(12)20/h1-2,5-6,8,10H,3-4,7,9H2,(H,18,19). The molecule has 1 saturated heterocycles. The first kappa shape index (κ1) is 14.4. The van der Waals surface area contributed by atoms with Crippen molar-refractivity contribution in [1.82, 2.24) is 5.32 Å². The third-order valence-corrected chi connectivity index (χ3v) is 5.19. The van der Waals surface area contributed by atoms with Crippen LogP contribution in [-0.2, 0) is 4.74 Å². The Bertz CT molecular complexity index is 937. The van der Waals surface area contributed by atoms with Gasteiger partial charge in [-0.1, -0.05) is 12.1 Å². The number of benzene rings is 1. The molecule has 1 aliphatic heterocycles. The molecule has 0 aliphatic carbocycles. The summed E-state index contributed by atoms with van der Waals surface area (Å²) in [6, 6.07) is 8.97. The van der Waals surface area contributed by atoms with E-state index in [2.05, 4.69) is 5.32 Å². The van der Waals surface area contributed by atoms with Crippen LogP contribution in [-0.4, -0.2) is 25.2 Å². The second kappa shape index (κ2) is 5.79. The lowest BCUT2D eigenvalue weighted by molar-refractivity contribution is 0.0861. The van der Waals surface area contributed by atoms with E-state index in [0.717, 1.165) is 29.5 Å². The van der Waals surface area contributed by atoms with E-state index >= 15 is 0 Å². The highest BCUT2D eigenvalue weighted by Crippen LogP contribution is 2.30. The number of carbonyl (C=O) groups is 1. The molecule has 4 rings (SSSR count). The zero-order chi connectivity index (χ0) is 15.8. The van der Waals surface area contributed by atoms with E-state index in [1.165, 1.54) is 11.3 Å². The number of thiophene rings is 1.